The minimum absolute atomic E-state index is 0.168. The molecule has 1 amide bonds. The van der Waals surface area contributed by atoms with Crippen molar-refractivity contribution in [2.45, 2.75) is 0 Å². The number of amides is 1. The van der Waals surface area contributed by atoms with Gasteiger partial charge in [-0.25, -0.2) is 4.98 Å². The second-order valence-electron chi connectivity index (χ2n) is 3.34. The minimum Gasteiger partial charge on any atom is -0.507 e. The van der Waals surface area contributed by atoms with Crippen molar-refractivity contribution in [2.24, 2.45) is 0 Å². The number of nitrogens with zero attached hydrogens (tertiary/aromatic N) is 1. The van der Waals surface area contributed by atoms with Crippen LogP contribution in [0.4, 0.5) is 5.82 Å². The summed E-state index contributed by atoms with van der Waals surface area (Å²) in [7, 11) is 0. The fourth-order valence-corrected chi connectivity index (χ4v) is 1.38. The van der Waals surface area contributed by atoms with Crippen molar-refractivity contribution < 1.29 is 15.0 Å². The van der Waals surface area contributed by atoms with Crippen molar-refractivity contribution in [3.05, 3.63) is 48.2 Å². The number of hydrogen-bond acceptors (Lipinski definition) is 4. The number of rotatable bonds is 2. The van der Waals surface area contributed by atoms with Gasteiger partial charge < -0.3 is 15.5 Å². The molecular formula is C12H10N2O3. The highest BCUT2D eigenvalue weighted by Gasteiger charge is 2.16. The minimum atomic E-state index is -0.612. The maximum absolute atomic E-state index is 11.8. The van der Waals surface area contributed by atoms with Crippen LogP contribution in [0.2, 0.25) is 0 Å². The number of phenols is 2. The van der Waals surface area contributed by atoms with Crippen LogP contribution in [0, 0.1) is 0 Å². The van der Waals surface area contributed by atoms with E-state index in [-0.39, 0.29) is 17.1 Å². The molecule has 0 bridgehead atoms. The molecule has 2 aromatic rings. The highest BCUT2D eigenvalue weighted by Crippen LogP contribution is 2.26. The monoisotopic (exact) mass is 230 g/mol. The largest absolute Gasteiger partial charge is 0.507 e. The third-order valence-corrected chi connectivity index (χ3v) is 2.15. The normalized spacial score (nSPS) is 9.88. The highest BCUT2D eigenvalue weighted by atomic mass is 16.3. The molecule has 0 saturated heterocycles. The van der Waals surface area contributed by atoms with Crippen molar-refractivity contribution in [1.29, 1.82) is 0 Å². The van der Waals surface area contributed by atoms with Crippen LogP contribution in [0.1, 0.15) is 10.4 Å². The Morgan fingerprint density at radius 2 is 1.76 bits per heavy atom. The summed E-state index contributed by atoms with van der Waals surface area (Å²) in [6.07, 6.45) is 1.53. The molecule has 0 unspecified atom stereocenters. The van der Waals surface area contributed by atoms with E-state index in [1.54, 1.807) is 18.2 Å². The summed E-state index contributed by atoms with van der Waals surface area (Å²) in [5.41, 5.74) is -0.168. The second-order valence-corrected chi connectivity index (χ2v) is 3.34. The van der Waals surface area contributed by atoms with Crippen molar-refractivity contribution in [3.8, 4) is 11.5 Å². The van der Waals surface area contributed by atoms with Gasteiger partial charge in [-0.05, 0) is 24.3 Å². The molecule has 0 aliphatic carbocycles. The Labute approximate surface area is 97.4 Å². The zero-order valence-electron chi connectivity index (χ0n) is 8.79. The van der Waals surface area contributed by atoms with Crippen LogP contribution >= 0.6 is 0 Å². The number of pyridine rings is 1. The number of aromatic nitrogens is 1. The standard InChI is InChI=1S/C12H10N2O3/c15-8-4-3-5-9(16)11(8)12(17)14-10-6-1-2-7-13-10/h1-7,15-16H,(H,13,14,17). The van der Waals surface area contributed by atoms with E-state index in [2.05, 4.69) is 10.3 Å². The van der Waals surface area contributed by atoms with E-state index in [4.69, 9.17) is 0 Å². The maximum Gasteiger partial charge on any atom is 0.264 e. The lowest BCUT2D eigenvalue weighted by Gasteiger charge is -2.07. The lowest BCUT2D eigenvalue weighted by molar-refractivity contribution is 0.102. The Morgan fingerprint density at radius 1 is 1.06 bits per heavy atom. The molecule has 17 heavy (non-hydrogen) atoms. The molecule has 2 rings (SSSR count). The lowest BCUT2D eigenvalue weighted by atomic mass is 10.1. The Kier molecular flexibility index (Phi) is 2.91. The van der Waals surface area contributed by atoms with Gasteiger partial charge in [0.1, 0.15) is 22.9 Å². The van der Waals surface area contributed by atoms with Gasteiger partial charge in [0.15, 0.2) is 0 Å². The summed E-state index contributed by atoms with van der Waals surface area (Å²) in [5, 5.41) is 21.5. The topological polar surface area (TPSA) is 82.5 Å². The molecule has 0 radical (unpaired) electrons. The second kappa shape index (κ2) is 4.52. The number of anilines is 1. The predicted octanol–water partition coefficient (Wildman–Crippen LogP) is 1.75. The summed E-state index contributed by atoms with van der Waals surface area (Å²) in [4.78, 5) is 15.7. The summed E-state index contributed by atoms with van der Waals surface area (Å²) < 4.78 is 0. The van der Waals surface area contributed by atoms with E-state index in [0.717, 1.165) is 0 Å². The molecule has 5 heteroatoms. The molecule has 1 aromatic heterocycles. The quantitative estimate of drug-likeness (QED) is 0.733. The molecule has 3 N–H and O–H groups in total. The van der Waals surface area contributed by atoms with Crippen LogP contribution in [0.5, 0.6) is 11.5 Å². The number of aromatic hydroxyl groups is 2. The van der Waals surface area contributed by atoms with E-state index in [0.29, 0.717) is 5.82 Å². The van der Waals surface area contributed by atoms with Gasteiger partial charge in [-0.1, -0.05) is 12.1 Å². The number of benzene rings is 1. The van der Waals surface area contributed by atoms with Gasteiger partial charge in [0.25, 0.3) is 5.91 Å². The average Bonchev–Trinajstić information content (AvgIpc) is 2.30. The van der Waals surface area contributed by atoms with Gasteiger partial charge in [-0.3, -0.25) is 4.79 Å². The number of hydrogen-bond donors (Lipinski definition) is 3. The third-order valence-electron chi connectivity index (χ3n) is 2.15. The smallest absolute Gasteiger partial charge is 0.264 e. The molecule has 1 aromatic carbocycles. The molecular weight excluding hydrogens is 220 g/mol. The number of phenolic OH excluding ortho intramolecular Hbond substituents is 2. The van der Waals surface area contributed by atoms with Gasteiger partial charge >= 0.3 is 0 Å². The summed E-state index contributed by atoms with van der Waals surface area (Å²) >= 11 is 0. The summed E-state index contributed by atoms with van der Waals surface area (Å²) in [6, 6.07) is 9.14. The Balaban J connectivity index is 2.27. The van der Waals surface area contributed by atoms with E-state index in [9.17, 15) is 15.0 Å². The number of nitrogens with one attached hydrogen (secondary N) is 1. The SMILES string of the molecule is O=C(Nc1ccccn1)c1c(O)cccc1O. The van der Waals surface area contributed by atoms with Gasteiger partial charge in [0.2, 0.25) is 0 Å². The Hall–Kier alpha value is -2.56. The van der Waals surface area contributed by atoms with Crippen molar-refractivity contribution in [2.75, 3.05) is 5.32 Å². The zero-order chi connectivity index (χ0) is 12.3. The predicted molar refractivity (Wildman–Crippen MR) is 62.0 cm³/mol. The molecule has 5 nitrogen and oxygen atoms in total. The average molecular weight is 230 g/mol. The maximum atomic E-state index is 11.8. The highest BCUT2D eigenvalue weighted by molar-refractivity contribution is 6.07. The van der Waals surface area contributed by atoms with Crippen LogP contribution in [0.3, 0.4) is 0 Å². The first kappa shape index (κ1) is 10.9. The van der Waals surface area contributed by atoms with Crippen molar-refractivity contribution in [1.82, 2.24) is 4.98 Å². The first-order valence-corrected chi connectivity index (χ1v) is 4.92. The molecule has 0 spiro atoms. The van der Waals surface area contributed by atoms with Crippen LogP contribution in [0.25, 0.3) is 0 Å². The van der Waals surface area contributed by atoms with Gasteiger partial charge in [0, 0.05) is 6.20 Å². The van der Waals surface area contributed by atoms with Crippen LogP contribution < -0.4 is 5.32 Å². The zero-order valence-corrected chi connectivity index (χ0v) is 8.79. The van der Waals surface area contributed by atoms with E-state index >= 15 is 0 Å². The first-order valence-electron chi connectivity index (χ1n) is 4.92. The Morgan fingerprint density at radius 3 is 2.35 bits per heavy atom. The number of carbonyl (C=O) groups excluding carboxylic acids is 1. The van der Waals surface area contributed by atoms with E-state index in [1.807, 2.05) is 0 Å². The van der Waals surface area contributed by atoms with Gasteiger partial charge in [0.05, 0.1) is 0 Å². The Bertz CT molecular complexity index is 520. The van der Waals surface area contributed by atoms with E-state index < -0.39 is 5.91 Å². The fourth-order valence-electron chi connectivity index (χ4n) is 1.38. The van der Waals surface area contributed by atoms with Crippen molar-refractivity contribution >= 4 is 11.7 Å². The molecule has 0 saturated carbocycles. The fraction of sp³-hybridized carbons (Fsp3) is 0. The molecule has 0 atom stereocenters. The molecule has 86 valence electrons. The lowest BCUT2D eigenvalue weighted by Crippen LogP contribution is -2.13. The summed E-state index contributed by atoms with van der Waals surface area (Å²) in [6.45, 7) is 0. The van der Waals surface area contributed by atoms with Crippen molar-refractivity contribution in [3.63, 3.8) is 0 Å². The van der Waals surface area contributed by atoms with Gasteiger partial charge in [-0.15, -0.1) is 0 Å². The molecule has 0 aliphatic rings. The van der Waals surface area contributed by atoms with E-state index in [1.165, 1.54) is 24.4 Å². The molecule has 0 fully saturated rings. The molecule has 0 aliphatic heterocycles. The van der Waals surface area contributed by atoms with Gasteiger partial charge in [-0.2, -0.15) is 0 Å². The van der Waals surface area contributed by atoms with Crippen LogP contribution in [-0.4, -0.2) is 21.1 Å². The first-order chi connectivity index (χ1) is 8.18. The third kappa shape index (κ3) is 2.34. The van der Waals surface area contributed by atoms with Crippen LogP contribution in [0.15, 0.2) is 42.6 Å². The summed E-state index contributed by atoms with van der Waals surface area (Å²) in [5.74, 6) is -0.823. The number of carbonyl (C=O) groups is 1. The molecule has 1 heterocycles. The van der Waals surface area contributed by atoms with Crippen LogP contribution in [-0.2, 0) is 0 Å².